The molecule has 3 aromatic rings. The highest BCUT2D eigenvalue weighted by Gasteiger charge is 2.46. The number of Topliss-reactive ketones (excluding diaryl/α,β-unsaturated/α-hetero) is 1. The minimum Gasteiger partial charge on any atom is -0.507 e. The van der Waals surface area contributed by atoms with Gasteiger partial charge in [0.05, 0.1) is 18.7 Å². The molecule has 1 atom stereocenters. The van der Waals surface area contributed by atoms with E-state index in [-0.39, 0.29) is 11.3 Å². The van der Waals surface area contributed by atoms with Crippen LogP contribution in [-0.4, -0.2) is 59.9 Å². The molecule has 1 aliphatic heterocycles. The second-order valence-corrected chi connectivity index (χ2v) is 9.53. The molecule has 0 bridgehead atoms. The SMILES string of the molecule is CCN(CC)CCN1C(=O)C(=O)/C(=C(/O)c2ccc(OCc3ccccc3C)cc2)C1c1ccc(OC)cc1. The predicted molar refractivity (Wildman–Crippen MR) is 152 cm³/mol. The van der Waals surface area contributed by atoms with Crippen molar-refractivity contribution in [2.24, 2.45) is 0 Å². The van der Waals surface area contributed by atoms with Gasteiger partial charge in [-0.25, -0.2) is 0 Å². The number of carbonyl (C=O) groups is 2. The van der Waals surface area contributed by atoms with Crippen LogP contribution < -0.4 is 9.47 Å². The van der Waals surface area contributed by atoms with Gasteiger partial charge in [-0.3, -0.25) is 9.59 Å². The number of likely N-dealkylation sites (tertiary alicyclic amines) is 1. The van der Waals surface area contributed by atoms with Crippen molar-refractivity contribution >= 4 is 17.4 Å². The second kappa shape index (κ2) is 12.6. The highest BCUT2D eigenvalue weighted by Crippen LogP contribution is 2.40. The molecule has 1 unspecified atom stereocenters. The monoisotopic (exact) mass is 528 g/mol. The zero-order chi connectivity index (χ0) is 27.9. The number of aliphatic hydroxyl groups is 1. The summed E-state index contributed by atoms with van der Waals surface area (Å²) < 4.78 is 11.2. The fourth-order valence-electron chi connectivity index (χ4n) is 4.83. The summed E-state index contributed by atoms with van der Waals surface area (Å²) in [6.45, 7) is 9.26. The summed E-state index contributed by atoms with van der Waals surface area (Å²) in [4.78, 5) is 30.3. The molecule has 0 saturated carbocycles. The van der Waals surface area contributed by atoms with Crippen LogP contribution in [0.5, 0.6) is 11.5 Å². The minimum atomic E-state index is -0.705. The maximum Gasteiger partial charge on any atom is 0.295 e. The van der Waals surface area contributed by atoms with Crippen LogP contribution in [0.25, 0.3) is 5.76 Å². The molecule has 7 heteroatoms. The lowest BCUT2D eigenvalue weighted by Gasteiger charge is -2.28. The Balaban J connectivity index is 1.65. The zero-order valence-corrected chi connectivity index (χ0v) is 23.0. The first-order chi connectivity index (χ1) is 18.9. The predicted octanol–water partition coefficient (Wildman–Crippen LogP) is 5.35. The number of ketones is 1. The summed E-state index contributed by atoms with van der Waals surface area (Å²) in [6.07, 6.45) is 0. The van der Waals surface area contributed by atoms with Gasteiger partial charge in [0.25, 0.3) is 11.7 Å². The van der Waals surface area contributed by atoms with Crippen LogP contribution in [0.3, 0.4) is 0 Å². The van der Waals surface area contributed by atoms with Gasteiger partial charge in [0, 0.05) is 18.7 Å². The van der Waals surface area contributed by atoms with E-state index in [1.165, 1.54) is 0 Å². The van der Waals surface area contributed by atoms with E-state index in [9.17, 15) is 14.7 Å². The topological polar surface area (TPSA) is 79.3 Å². The molecule has 1 saturated heterocycles. The third-order valence-electron chi connectivity index (χ3n) is 7.31. The lowest BCUT2D eigenvalue weighted by Crippen LogP contribution is -2.38. The van der Waals surface area contributed by atoms with Gasteiger partial charge in [-0.05, 0) is 73.1 Å². The number of rotatable bonds is 11. The number of amides is 1. The Labute approximate surface area is 230 Å². The van der Waals surface area contributed by atoms with Gasteiger partial charge >= 0.3 is 0 Å². The Kier molecular flexibility index (Phi) is 9.04. The maximum atomic E-state index is 13.3. The summed E-state index contributed by atoms with van der Waals surface area (Å²) >= 11 is 0. The van der Waals surface area contributed by atoms with E-state index in [1.54, 1.807) is 48.4 Å². The summed E-state index contributed by atoms with van der Waals surface area (Å²) in [5.74, 6) is -0.193. The molecule has 0 aliphatic carbocycles. The van der Waals surface area contributed by atoms with Crippen LogP contribution in [0.15, 0.2) is 78.4 Å². The van der Waals surface area contributed by atoms with Crippen molar-refractivity contribution < 1.29 is 24.2 Å². The molecular weight excluding hydrogens is 492 g/mol. The summed E-state index contributed by atoms with van der Waals surface area (Å²) in [5.41, 5.74) is 3.50. The summed E-state index contributed by atoms with van der Waals surface area (Å²) in [6, 6.07) is 21.5. The molecule has 7 nitrogen and oxygen atoms in total. The fraction of sp³-hybridized carbons (Fsp3) is 0.312. The van der Waals surface area contributed by atoms with Crippen LogP contribution in [0.4, 0.5) is 0 Å². The molecule has 1 fully saturated rings. The van der Waals surface area contributed by atoms with Crippen LogP contribution in [0.2, 0.25) is 0 Å². The lowest BCUT2D eigenvalue weighted by atomic mass is 9.95. The first-order valence-electron chi connectivity index (χ1n) is 13.3. The van der Waals surface area contributed by atoms with E-state index in [4.69, 9.17) is 9.47 Å². The van der Waals surface area contributed by atoms with E-state index in [0.717, 1.165) is 29.8 Å². The lowest BCUT2D eigenvalue weighted by molar-refractivity contribution is -0.140. The normalized spacial score (nSPS) is 16.6. The van der Waals surface area contributed by atoms with Crippen molar-refractivity contribution in [2.45, 2.75) is 33.4 Å². The Morgan fingerprint density at radius 2 is 1.56 bits per heavy atom. The molecule has 1 amide bonds. The van der Waals surface area contributed by atoms with Crippen LogP contribution in [0.1, 0.15) is 42.1 Å². The van der Waals surface area contributed by atoms with E-state index in [1.807, 2.05) is 43.3 Å². The Morgan fingerprint density at radius 1 is 0.923 bits per heavy atom. The highest BCUT2D eigenvalue weighted by atomic mass is 16.5. The van der Waals surface area contributed by atoms with Crippen molar-refractivity contribution in [1.82, 2.24) is 9.80 Å². The first-order valence-corrected chi connectivity index (χ1v) is 13.3. The Hall–Kier alpha value is -4.10. The van der Waals surface area contributed by atoms with Crippen LogP contribution in [0, 0.1) is 6.92 Å². The summed E-state index contributed by atoms with van der Waals surface area (Å²) in [5, 5.41) is 11.4. The average molecular weight is 529 g/mol. The number of hydrogen-bond acceptors (Lipinski definition) is 6. The third kappa shape index (κ3) is 6.15. The number of carbonyl (C=O) groups excluding carboxylic acids is 2. The quantitative estimate of drug-likeness (QED) is 0.205. The van der Waals surface area contributed by atoms with Gasteiger partial charge in [0.15, 0.2) is 0 Å². The number of hydrogen-bond donors (Lipinski definition) is 1. The Morgan fingerprint density at radius 3 is 2.18 bits per heavy atom. The van der Waals surface area contributed by atoms with Crippen molar-refractivity contribution in [3.63, 3.8) is 0 Å². The van der Waals surface area contributed by atoms with Crippen molar-refractivity contribution in [1.29, 1.82) is 0 Å². The van der Waals surface area contributed by atoms with Gasteiger partial charge in [-0.15, -0.1) is 0 Å². The maximum absolute atomic E-state index is 13.3. The third-order valence-corrected chi connectivity index (χ3v) is 7.31. The van der Waals surface area contributed by atoms with Gasteiger partial charge in [0.2, 0.25) is 0 Å². The van der Waals surface area contributed by atoms with E-state index < -0.39 is 17.7 Å². The van der Waals surface area contributed by atoms with E-state index in [2.05, 4.69) is 18.7 Å². The van der Waals surface area contributed by atoms with Gasteiger partial charge < -0.3 is 24.4 Å². The van der Waals surface area contributed by atoms with E-state index >= 15 is 0 Å². The van der Waals surface area contributed by atoms with Crippen LogP contribution >= 0.6 is 0 Å². The van der Waals surface area contributed by atoms with Gasteiger partial charge in [-0.1, -0.05) is 50.2 Å². The molecule has 1 N–H and O–H groups in total. The molecule has 0 radical (unpaired) electrons. The molecule has 0 spiro atoms. The van der Waals surface area contributed by atoms with E-state index in [0.29, 0.717) is 36.8 Å². The van der Waals surface area contributed by atoms with Crippen molar-refractivity contribution in [3.05, 3.63) is 101 Å². The van der Waals surface area contributed by atoms with Gasteiger partial charge in [0.1, 0.15) is 23.9 Å². The number of nitrogens with zero attached hydrogens (tertiary/aromatic N) is 2. The number of likely N-dealkylation sites (N-methyl/N-ethyl adjacent to an activating group) is 1. The molecule has 3 aromatic carbocycles. The number of aryl methyl sites for hydroxylation is 1. The Bertz CT molecular complexity index is 1330. The molecule has 0 aromatic heterocycles. The molecule has 1 heterocycles. The summed E-state index contributed by atoms with van der Waals surface area (Å²) in [7, 11) is 1.58. The highest BCUT2D eigenvalue weighted by molar-refractivity contribution is 6.46. The average Bonchev–Trinajstić information content (AvgIpc) is 3.22. The van der Waals surface area contributed by atoms with Crippen LogP contribution in [-0.2, 0) is 16.2 Å². The first kappa shape index (κ1) is 27.9. The number of methoxy groups -OCH3 is 1. The smallest absolute Gasteiger partial charge is 0.295 e. The standard InChI is InChI=1S/C32H36N2O5/c1-5-33(6-2)19-20-34-29(23-11-15-26(38-4)16-12-23)28(31(36)32(34)37)30(35)24-13-17-27(18-14-24)39-21-25-10-8-7-9-22(25)3/h7-18,29,35H,5-6,19-21H2,1-4H3/b30-28+. The van der Waals surface area contributed by atoms with Gasteiger partial charge in [-0.2, -0.15) is 0 Å². The molecule has 4 rings (SSSR count). The second-order valence-electron chi connectivity index (χ2n) is 9.53. The minimum absolute atomic E-state index is 0.0818. The largest absolute Gasteiger partial charge is 0.507 e. The number of benzene rings is 3. The fourth-order valence-corrected chi connectivity index (χ4v) is 4.83. The van der Waals surface area contributed by atoms with Crippen molar-refractivity contribution in [3.8, 4) is 11.5 Å². The number of aliphatic hydroxyl groups excluding tert-OH is 1. The van der Waals surface area contributed by atoms with Crippen molar-refractivity contribution in [2.75, 3.05) is 33.3 Å². The molecular formula is C32H36N2O5. The molecule has 204 valence electrons. The number of ether oxygens (including phenoxy) is 2. The molecule has 39 heavy (non-hydrogen) atoms. The molecule has 1 aliphatic rings. The zero-order valence-electron chi connectivity index (χ0n) is 23.0.